The van der Waals surface area contributed by atoms with Crippen LogP contribution in [0, 0.1) is 0 Å². The molecule has 0 saturated carbocycles. The van der Waals surface area contributed by atoms with Crippen LogP contribution in [0.2, 0.25) is 0 Å². The molecule has 0 aliphatic carbocycles. The third kappa shape index (κ3) is 1.63. The SMILES string of the molecule is CN1C(=O)N[C@H]2C[C@]1(C)Oc1ccc(C(=O)O)cc12. The molecule has 1 saturated heterocycles. The van der Waals surface area contributed by atoms with Gasteiger partial charge in [0.1, 0.15) is 5.75 Å². The summed E-state index contributed by atoms with van der Waals surface area (Å²) in [5.41, 5.74) is 0.225. The van der Waals surface area contributed by atoms with E-state index in [4.69, 9.17) is 9.84 Å². The number of rotatable bonds is 1. The number of ether oxygens (including phenoxy) is 1. The van der Waals surface area contributed by atoms with E-state index < -0.39 is 11.7 Å². The van der Waals surface area contributed by atoms with Crippen molar-refractivity contribution in [3.8, 4) is 5.75 Å². The first-order valence-electron chi connectivity index (χ1n) is 6.01. The Morgan fingerprint density at radius 2 is 2.32 bits per heavy atom. The number of carboxylic acid groups (broad SMARTS) is 1. The quantitative estimate of drug-likeness (QED) is 0.805. The van der Waals surface area contributed by atoms with E-state index in [9.17, 15) is 9.59 Å². The number of amides is 2. The molecule has 3 rings (SSSR count). The number of nitrogens with zero attached hydrogens (tertiary/aromatic N) is 1. The van der Waals surface area contributed by atoms with Gasteiger partial charge in [0.2, 0.25) is 0 Å². The number of carboxylic acids is 1. The molecule has 0 aromatic heterocycles. The molecule has 1 aromatic carbocycles. The average molecular weight is 262 g/mol. The van der Waals surface area contributed by atoms with Crippen LogP contribution in [-0.2, 0) is 0 Å². The third-order valence-corrected chi connectivity index (χ3v) is 3.86. The van der Waals surface area contributed by atoms with Crippen molar-refractivity contribution in [1.82, 2.24) is 10.2 Å². The topological polar surface area (TPSA) is 78.9 Å². The Hall–Kier alpha value is -2.24. The molecule has 2 bridgehead atoms. The van der Waals surface area contributed by atoms with Gasteiger partial charge >= 0.3 is 12.0 Å². The Kier molecular flexibility index (Phi) is 2.26. The molecule has 2 atom stereocenters. The first-order valence-corrected chi connectivity index (χ1v) is 6.01. The lowest BCUT2D eigenvalue weighted by Crippen LogP contribution is -2.63. The van der Waals surface area contributed by atoms with Crippen LogP contribution < -0.4 is 10.1 Å². The van der Waals surface area contributed by atoms with Gasteiger partial charge in [-0.15, -0.1) is 0 Å². The zero-order valence-electron chi connectivity index (χ0n) is 10.6. The van der Waals surface area contributed by atoms with Gasteiger partial charge in [-0.25, -0.2) is 9.59 Å². The van der Waals surface area contributed by atoms with Crippen molar-refractivity contribution in [1.29, 1.82) is 0 Å². The first-order chi connectivity index (χ1) is 8.90. The predicted molar refractivity (Wildman–Crippen MR) is 66.1 cm³/mol. The molecule has 1 aromatic rings. The third-order valence-electron chi connectivity index (χ3n) is 3.86. The second-order valence-electron chi connectivity index (χ2n) is 5.10. The lowest BCUT2D eigenvalue weighted by molar-refractivity contribution is -0.0718. The molecule has 2 amide bonds. The summed E-state index contributed by atoms with van der Waals surface area (Å²) >= 11 is 0. The Morgan fingerprint density at radius 1 is 1.58 bits per heavy atom. The van der Waals surface area contributed by atoms with Crippen molar-refractivity contribution in [2.75, 3.05) is 7.05 Å². The number of carbonyl (C=O) groups excluding carboxylic acids is 1. The summed E-state index contributed by atoms with van der Waals surface area (Å²) in [7, 11) is 1.68. The van der Waals surface area contributed by atoms with Gasteiger partial charge in [-0.1, -0.05) is 0 Å². The highest BCUT2D eigenvalue weighted by Gasteiger charge is 2.47. The van der Waals surface area contributed by atoms with E-state index in [0.29, 0.717) is 12.2 Å². The fourth-order valence-corrected chi connectivity index (χ4v) is 2.61. The fraction of sp³-hybridized carbons (Fsp3) is 0.385. The molecule has 2 aliphatic rings. The summed E-state index contributed by atoms with van der Waals surface area (Å²) in [5, 5.41) is 11.9. The Morgan fingerprint density at radius 3 is 3.00 bits per heavy atom. The molecular weight excluding hydrogens is 248 g/mol. The molecule has 6 heteroatoms. The monoisotopic (exact) mass is 262 g/mol. The molecule has 100 valence electrons. The van der Waals surface area contributed by atoms with Gasteiger partial charge in [-0.05, 0) is 25.1 Å². The van der Waals surface area contributed by atoms with E-state index in [1.54, 1.807) is 19.2 Å². The number of hydrogen-bond acceptors (Lipinski definition) is 3. The van der Waals surface area contributed by atoms with Gasteiger partial charge in [-0.2, -0.15) is 0 Å². The Labute approximate surface area is 110 Å². The van der Waals surface area contributed by atoms with Gasteiger partial charge in [-0.3, -0.25) is 4.90 Å². The van der Waals surface area contributed by atoms with Gasteiger partial charge in [0.25, 0.3) is 0 Å². The number of carbonyl (C=O) groups is 2. The maximum Gasteiger partial charge on any atom is 0.335 e. The summed E-state index contributed by atoms with van der Waals surface area (Å²) in [4.78, 5) is 24.4. The van der Waals surface area contributed by atoms with Crippen molar-refractivity contribution in [2.45, 2.75) is 25.1 Å². The number of aromatic carboxylic acids is 1. The van der Waals surface area contributed by atoms with Gasteiger partial charge in [0, 0.05) is 19.0 Å². The minimum absolute atomic E-state index is 0.194. The number of nitrogens with one attached hydrogen (secondary N) is 1. The zero-order chi connectivity index (χ0) is 13.8. The van der Waals surface area contributed by atoms with Crippen molar-refractivity contribution in [2.24, 2.45) is 0 Å². The van der Waals surface area contributed by atoms with E-state index >= 15 is 0 Å². The average Bonchev–Trinajstić information content (AvgIpc) is 2.35. The fourth-order valence-electron chi connectivity index (χ4n) is 2.61. The first kappa shape index (κ1) is 11.8. The molecule has 1 fully saturated rings. The molecule has 19 heavy (non-hydrogen) atoms. The van der Waals surface area contributed by atoms with Crippen LogP contribution in [0.15, 0.2) is 18.2 Å². The molecule has 6 nitrogen and oxygen atoms in total. The number of benzene rings is 1. The van der Waals surface area contributed by atoms with Crippen molar-refractivity contribution in [3.05, 3.63) is 29.3 Å². The smallest absolute Gasteiger partial charge is 0.335 e. The van der Waals surface area contributed by atoms with Crippen LogP contribution in [-0.4, -0.2) is 34.8 Å². The molecule has 2 heterocycles. The standard InChI is InChI=1S/C13H14N2O4/c1-13-6-9(14-12(18)15(13)2)8-5-7(11(16)17)3-4-10(8)19-13/h3-5,9H,6H2,1-2H3,(H,14,18)(H,16,17)/t9-,13-/m0/s1. The number of fused-ring (bicyclic) bond motifs is 4. The highest BCUT2D eigenvalue weighted by Crippen LogP contribution is 2.43. The molecule has 2 aliphatic heterocycles. The molecule has 0 unspecified atom stereocenters. The molecule has 0 spiro atoms. The second kappa shape index (κ2) is 3.63. The largest absolute Gasteiger partial charge is 0.478 e. The van der Waals surface area contributed by atoms with Gasteiger partial charge in [0.15, 0.2) is 5.72 Å². The van der Waals surface area contributed by atoms with Crippen LogP contribution in [0.5, 0.6) is 5.75 Å². The lowest BCUT2D eigenvalue weighted by atomic mass is 9.90. The maximum absolute atomic E-state index is 11.9. The molecule has 0 radical (unpaired) electrons. The summed E-state index contributed by atoms with van der Waals surface area (Å²) in [6, 6.07) is 4.29. The highest BCUT2D eigenvalue weighted by atomic mass is 16.5. The van der Waals surface area contributed by atoms with Crippen LogP contribution in [0.1, 0.15) is 35.3 Å². The lowest BCUT2D eigenvalue weighted by Gasteiger charge is -2.49. The summed E-state index contributed by atoms with van der Waals surface area (Å²) < 4.78 is 5.88. The summed E-state index contributed by atoms with van der Waals surface area (Å²) in [5.74, 6) is -0.369. The normalized spacial score (nSPS) is 28.2. The van der Waals surface area contributed by atoms with Crippen molar-refractivity contribution in [3.63, 3.8) is 0 Å². The summed E-state index contributed by atoms with van der Waals surface area (Å²) in [6.07, 6.45) is 0.589. The minimum Gasteiger partial charge on any atom is -0.478 e. The molecule has 2 N–H and O–H groups in total. The number of hydrogen-bond donors (Lipinski definition) is 2. The van der Waals surface area contributed by atoms with Crippen molar-refractivity contribution < 1.29 is 19.4 Å². The Bertz CT molecular complexity index is 586. The minimum atomic E-state index is -0.990. The van der Waals surface area contributed by atoms with E-state index in [0.717, 1.165) is 5.56 Å². The van der Waals surface area contributed by atoms with Crippen LogP contribution in [0.3, 0.4) is 0 Å². The van der Waals surface area contributed by atoms with E-state index in [1.165, 1.54) is 11.0 Å². The van der Waals surface area contributed by atoms with E-state index in [-0.39, 0.29) is 17.6 Å². The number of urea groups is 1. The Balaban J connectivity index is 2.09. The predicted octanol–water partition coefficient (Wildman–Crippen LogP) is 1.58. The second-order valence-corrected chi connectivity index (χ2v) is 5.10. The van der Waals surface area contributed by atoms with Crippen LogP contribution >= 0.6 is 0 Å². The van der Waals surface area contributed by atoms with Crippen LogP contribution in [0.25, 0.3) is 0 Å². The van der Waals surface area contributed by atoms with E-state index in [2.05, 4.69) is 5.32 Å². The van der Waals surface area contributed by atoms with Gasteiger partial charge < -0.3 is 15.2 Å². The molecular formula is C13H14N2O4. The van der Waals surface area contributed by atoms with E-state index in [1.807, 2.05) is 6.92 Å². The zero-order valence-corrected chi connectivity index (χ0v) is 10.6. The van der Waals surface area contributed by atoms with Crippen LogP contribution in [0.4, 0.5) is 4.79 Å². The van der Waals surface area contributed by atoms with Crippen molar-refractivity contribution >= 4 is 12.0 Å². The maximum atomic E-state index is 11.9. The van der Waals surface area contributed by atoms with Gasteiger partial charge in [0.05, 0.1) is 11.6 Å². The summed E-state index contributed by atoms with van der Waals surface area (Å²) in [6.45, 7) is 1.85. The highest BCUT2D eigenvalue weighted by molar-refractivity contribution is 5.88.